The maximum Gasteiger partial charge on any atom is 0.344 e. The third-order valence-corrected chi connectivity index (χ3v) is 2.34. The van der Waals surface area contributed by atoms with Crippen molar-refractivity contribution in [3.8, 4) is 11.8 Å². The maximum absolute atomic E-state index is 11.0. The Morgan fingerprint density at radius 2 is 2.35 bits per heavy atom. The van der Waals surface area contributed by atoms with E-state index < -0.39 is 12.1 Å². The van der Waals surface area contributed by atoms with Crippen molar-refractivity contribution in [1.82, 2.24) is 0 Å². The molecular weight excluding hydrogens is 218 g/mol. The van der Waals surface area contributed by atoms with Crippen LogP contribution in [0.2, 0.25) is 0 Å². The van der Waals surface area contributed by atoms with Gasteiger partial charge in [0.15, 0.2) is 6.10 Å². The first kappa shape index (κ1) is 13.0. The van der Waals surface area contributed by atoms with Crippen molar-refractivity contribution in [1.29, 1.82) is 5.26 Å². The molecule has 1 aromatic rings. The molecule has 1 unspecified atom stereocenters. The molecule has 0 saturated carbocycles. The first-order valence-corrected chi connectivity index (χ1v) is 5.57. The summed E-state index contributed by atoms with van der Waals surface area (Å²) >= 11 is 0. The smallest absolute Gasteiger partial charge is 0.344 e. The van der Waals surface area contributed by atoms with Gasteiger partial charge >= 0.3 is 5.97 Å². The quantitative estimate of drug-likeness (QED) is 0.819. The molecule has 90 valence electrons. The van der Waals surface area contributed by atoms with Crippen LogP contribution in [0.3, 0.4) is 0 Å². The molecule has 0 radical (unpaired) electrons. The molecule has 0 aliphatic carbocycles. The Balaban J connectivity index is 2.72. The average molecular weight is 233 g/mol. The number of nitriles is 1. The Morgan fingerprint density at radius 3 is 2.94 bits per heavy atom. The molecule has 1 atom stereocenters. The van der Waals surface area contributed by atoms with Crippen LogP contribution in [-0.4, -0.2) is 17.2 Å². The van der Waals surface area contributed by atoms with Gasteiger partial charge in [0.25, 0.3) is 0 Å². The summed E-state index contributed by atoms with van der Waals surface area (Å²) in [4.78, 5) is 11.0. The number of aliphatic carboxylic acids is 1. The van der Waals surface area contributed by atoms with Crippen LogP contribution in [0.5, 0.6) is 5.75 Å². The second kappa shape index (κ2) is 6.54. The minimum atomic E-state index is -0.971. The van der Waals surface area contributed by atoms with Crippen LogP contribution in [0, 0.1) is 11.3 Å². The molecule has 17 heavy (non-hydrogen) atoms. The van der Waals surface area contributed by atoms with Gasteiger partial charge in [-0.3, -0.25) is 0 Å². The van der Waals surface area contributed by atoms with Gasteiger partial charge in [0.1, 0.15) is 5.75 Å². The van der Waals surface area contributed by atoms with Crippen molar-refractivity contribution in [3.63, 3.8) is 0 Å². The fourth-order valence-corrected chi connectivity index (χ4v) is 1.43. The van der Waals surface area contributed by atoms with Crippen molar-refractivity contribution in [2.45, 2.75) is 32.3 Å². The summed E-state index contributed by atoms with van der Waals surface area (Å²) in [5.41, 5.74) is 0.460. The highest BCUT2D eigenvalue weighted by atomic mass is 16.5. The third kappa shape index (κ3) is 4.15. The Kier molecular flexibility index (Phi) is 5.02. The number of rotatable bonds is 6. The molecule has 4 heteroatoms. The number of unbranched alkanes of at least 4 members (excludes halogenated alkanes) is 1. The van der Waals surface area contributed by atoms with Crippen LogP contribution >= 0.6 is 0 Å². The lowest BCUT2D eigenvalue weighted by molar-refractivity contribution is -0.145. The highest BCUT2D eigenvalue weighted by Gasteiger charge is 2.18. The van der Waals surface area contributed by atoms with E-state index in [2.05, 4.69) is 0 Å². The second-order valence-corrected chi connectivity index (χ2v) is 3.73. The predicted octanol–water partition coefficient (Wildman–Crippen LogP) is 2.58. The monoisotopic (exact) mass is 233 g/mol. The number of carbonyl (C=O) groups is 1. The number of nitrogens with zero attached hydrogens (tertiary/aromatic N) is 1. The van der Waals surface area contributed by atoms with Gasteiger partial charge in [-0.2, -0.15) is 5.26 Å². The zero-order chi connectivity index (χ0) is 12.7. The summed E-state index contributed by atoms with van der Waals surface area (Å²) < 4.78 is 5.37. The van der Waals surface area contributed by atoms with Crippen molar-refractivity contribution in [2.75, 3.05) is 0 Å². The number of carboxylic acid groups (broad SMARTS) is 1. The van der Waals surface area contributed by atoms with E-state index in [0.29, 0.717) is 17.7 Å². The highest BCUT2D eigenvalue weighted by molar-refractivity contribution is 5.72. The molecule has 0 bridgehead atoms. The van der Waals surface area contributed by atoms with Gasteiger partial charge in [-0.05, 0) is 31.0 Å². The zero-order valence-corrected chi connectivity index (χ0v) is 9.72. The normalized spacial score (nSPS) is 11.5. The van der Waals surface area contributed by atoms with Crippen LogP contribution in [0.1, 0.15) is 31.7 Å². The number of hydrogen-bond donors (Lipinski definition) is 1. The maximum atomic E-state index is 11.0. The zero-order valence-electron chi connectivity index (χ0n) is 9.72. The molecule has 0 heterocycles. The summed E-state index contributed by atoms with van der Waals surface area (Å²) in [6.45, 7) is 2.00. The molecule has 1 aromatic carbocycles. The van der Waals surface area contributed by atoms with E-state index >= 15 is 0 Å². The Hall–Kier alpha value is -2.02. The molecular formula is C13H15NO3. The third-order valence-electron chi connectivity index (χ3n) is 2.34. The molecule has 0 spiro atoms. The van der Waals surface area contributed by atoms with Crippen LogP contribution in [0.4, 0.5) is 0 Å². The largest absolute Gasteiger partial charge is 0.479 e. The molecule has 0 aliphatic rings. The van der Waals surface area contributed by atoms with Crippen LogP contribution in [-0.2, 0) is 4.79 Å². The van der Waals surface area contributed by atoms with Crippen molar-refractivity contribution >= 4 is 5.97 Å². The fraction of sp³-hybridized carbons (Fsp3) is 0.385. The number of carboxylic acids is 1. The lowest BCUT2D eigenvalue weighted by Crippen LogP contribution is -2.26. The van der Waals surface area contributed by atoms with E-state index in [1.54, 1.807) is 24.3 Å². The van der Waals surface area contributed by atoms with Crippen molar-refractivity contribution in [2.24, 2.45) is 0 Å². The Morgan fingerprint density at radius 1 is 1.59 bits per heavy atom. The summed E-state index contributed by atoms with van der Waals surface area (Å²) in [6, 6.07) is 8.51. The highest BCUT2D eigenvalue weighted by Crippen LogP contribution is 2.16. The molecule has 4 nitrogen and oxygen atoms in total. The summed E-state index contributed by atoms with van der Waals surface area (Å²) in [6.07, 6.45) is 1.35. The van der Waals surface area contributed by atoms with E-state index in [-0.39, 0.29) is 0 Å². The second-order valence-electron chi connectivity index (χ2n) is 3.73. The molecule has 0 aromatic heterocycles. The topological polar surface area (TPSA) is 70.3 Å². The molecule has 1 rings (SSSR count). The molecule has 1 N–H and O–H groups in total. The van der Waals surface area contributed by atoms with E-state index in [1.807, 2.05) is 13.0 Å². The molecule has 0 saturated heterocycles. The van der Waals surface area contributed by atoms with Gasteiger partial charge < -0.3 is 9.84 Å². The molecule has 0 aliphatic heterocycles. The fourth-order valence-electron chi connectivity index (χ4n) is 1.43. The summed E-state index contributed by atoms with van der Waals surface area (Å²) in [5.74, 6) is -0.548. The van der Waals surface area contributed by atoms with Crippen molar-refractivity contribution in [3.05, 3.63) is 29.8 Å². The lowest BCUT2D eigenvalue weighted by Gasteiger charge is -2.14. The number of hydrogen-bond acceptors (Lipinski definition) is 3. The minimum absolute atomic E-state index is 0.424. The molecule has 0 amide bonds. The van der Waals surface area contributed by atoms with E-state index in [1.165, 1.54) is 0 Å². The lowest BCUT2D eigenvalue weighted by atomic mass is 10.1. The SMILES string of the molecule is CCCCC(Oc1cccc(C#N)c1)C(=O)O. The number of benzene rings is 1. The van der Waals surface area contributed by atoms with Gasteiger partial charge in [0, 0.05) is 0 Å². The van der Waals surface area contributed by atoms with E-state index in [4.69, 9.17) is 15.1 Å². The standard InChI is InChI=1S/C13H15NO3/c1-2-3-7-12(13(15)16)17-11-6-4-5-10(8-11)9-14/h4-6,8,12H,2-3,7H2,1H3,(H,15,16). The van der Waals surface area contributed by atoms with Crippen LogP contribution in [0.25, 0.3) is 0 Å². The first-order valence-electron chi connectivity index (χ1n) is 5.57. The van der Waals surface area contributed by atoms with Gasteiger partial charge in [-0.15, -0.1) is 0 Å². The van der Waals surface area contributed by atoms with Crippen LogP contribution < -0.4 is 4.74 Å². The van der Waals surface area contributed by atoms with Gasteiger partial charge in [0.2, 0.25) is 0 Å². The predicted molar refractivity (Wildman–Crippen MR) is 62.7 cm³/mol. The molecule has 0 fully saturated rings. The first-order chi connectivity index (χ1) is 8.17. The average Bonchev–Trinajstić information content (AvgIpc) is 2.34. The Labute approximate surface area is 100 Å². The number of ether oxygens (including phenoxy) is 1. The minimum Gasteiger partial charge on any atom is -0.479 e. The van der Waals surface area contributed by atoms with E-state index in [9.17, 15) is 4.79 Å². The van der Waals surface area contributed by atoms with Crippen molar-refractivity contribution < 1.29 is 14.6 Å². The van der Waals surface area contributed by atoms with Gasteiger partial charge in [-0.25, -0.2) is 4.79 Å². The van der Waals surface area contributed by atoms with Crippen LogP contribution in [0.15, 0.2) is 24.3 Å². The van der Waals surface area contributed by atoms with E-state index in [0.717, 1.165) is 12.8 Å². The summed E-state index contributed by atoms with van der Waals surface area (Å²) in [5, 5.41) is 17.7. The van der Waals surface area contributed by atoms with Gasteiger partial charge in [0.05, 0.1) is 11.6 Å². The van der Waals surface area contributed by atoms with Gasteiger partial charge in [-0.1, -0.05) is 19.4 Å². The summed E-state index contributed by atoms with van der Waals surface area (Å²) in [7, 11) is 0. The Bertz CT molecular complexity index is 423.